The molecule has 0 saturated carbocycles. The van der Waals surface area contributed by atoms with E-state index in [-0.39, 0.29) is 17.2 Å². The van der Waals surface area contributed by atoms with Crippen molar-refractivity contribution >= 4 is 0 Å². The standard InChI is InChI=1S/C18H20F3N3O2/c1-11-7-12(18(19,20)21)8-16(25)17(11)15-5-4-13(23-24-15)9-22-10-14-3-2-6-26-14/h4-5,7-8,14,22,25H,2-3,6,9-10H2,1H3. The number of benzene rings is 1. The van der Waals surface area contributed by atoms with Crippen molar-refractivity contribution in [3.63, 3.8) is 0 Å². The van der Waals surface area contributed by atoms with Crippen molar-refractivity contribution in [1.82, 2.24) is 15.5 Å². The number of halogens is 3. The van der Waals surface area contributed by atoms with Gasteiger partial charge in [0.15, 0.2) is 0 Å². The second-order valence-corrected chi connectivity index (χ2v) is 6.36. The molecule has 1 aromatic heterocycles. The number of alkyl halides is 3. The van der Waals surface area contributed by atoms with Gasteiger partial charge in [0.1, 0.15) is 5.75 Å². The predicted octanol–water partition coefficient (Wildman–Crippen LogP) is 3.45. The number of aryl methyl sites for hydroxylation is 1. The number of hydrogen-bond acceptors (Lipinski definition) is 5. The summed E-state index contributed by atoms with van der Waals surface area (Å²) < 4.78 is 44.0. The number of nitrogens with zero attached hydrogens (tertiary/aromatic N) is 2. The lowest BCUT2D eigenvalue weighted by molar-refractivity contribution is -0.137. The van der Waals surface area contributed by atoms with Crippen LogP contribution in [0.25, 0.3) is 11.3 Å². The summed E-state index contributed by atoms with van der Waals surface area (Å²) in [5.74, 6) is -0.462. The minimum absolute atomic E-state index is 0.231. The molecule has 2 N–H and O–H groups in total. The van der Waals surface area contributed by atoms with E-state index < -0.39 is 17.5 Å². The summed E-state index contributed by atoms with van der Waals surface area (Å²) in [6, 6.07) is 5.08. The molecule has 2 heterocycles. The molecule has 1 fully saturated rings. The Hall–Kier alpha value is -2.19. The molecule has 26 heavy (non-hydrogen) atoms. The fourth-order valence-electron chi connectivity index (χ4n) is 3.02. The monoisotopic (exact) mass is 367 g/mol. The van der Waals surface area contributed by atoms with E-state index in [2.05, 4.69) is 15.5 Å². The maximum atomic E-state index is 12.8. The van der Waals surface area contributed by atoms with Gasteiger partial charge in [0, 0.05) is 25.3 Å². The molecule has 5 nitrogen and oxygen atoms in total. The van der Waals surface area contributed by atoms with Crippen LogP contribution >= 0.6 is 0 Å². The highest BCUT2D eigenvalue weighted by Crippen LogP contribution is 2.38. The number of rotatable bonds is 5. The Balaban J connectivity index is 1.70. The molecule has 2 aromatic rings. The van der Waals surface area contributed by atoms with Crippen LogP contribution in [0.5, 0.6) is 5.75 Å². The molecule has 1 aliphatic heterocycles. The summed E-state index contributed by atoms with van der Waals surface area (Å²) >= 11 is 0. The lowest BCUT2D eigenvalue weighted by Gasteiger charge is -2.13. The minimum atomic E-state index is -4.51. The number of phenols is 1. The highest BCUT2D eigenvalue weighted by atomic mass is 19.4. The molecule has 3 rings (SSSR count). The van der Waals surface area contributed by atoms with Crippen LogP contribution in [0.2, 0.25) is 0 Å². The Kier molecular flexibility index (Phi) is 5.43. The van der Waals surface area contributed by atoms with Gasteiger partial charge in [0.2, 0.25) is 0 Å². The zero-order valence-corrected chi connectivity index (χ0v) is 14.3. The number of aromatic nitrogens is 2. The van der Waals surface area contributed by atoms with Gasteiger partial charge < -0.3 is 15.2 Å². The van der Waals surface area contributed by atoms with Gasteiger partial charge in [-0.05, 0) is 49.6 Å². The lowest BCUT2D eigenvalue weighted by atomic mass is 10.0. The first-order chi connectivity index (χ1) is 12.3. The fraction of sp³-hybridized carbons (Fsp3) is 0.444. The third kappa shape index (κ3) is 4.31. The number of ether oxygens (including phenoxy) is 1. The number of aromatic hydroxyl groups is 1. The first kappa shape index (κ1) is 18.6. The van der Waals surface area contributed by atoms with E-state index in [4.69, 9.17) is 4.74 Å². The van der Waals surface area contributed by atoms with Gasteiger partial charge in [-0.25, -0.2) is 0 Å². The maximum Gasteiger partial charge on any atom is 0.416 e. The Labute approximate surface area is 149 Å². The fourth-order valence-corrected chi connectivity index (χ4v) is 3.02. The van der Waals surface area contributed by atoms with Crippen molar-refractivity contribution in [1.29, 1.82) is 0 Å². The SMILES string of the molecule is Cc1cc(C(F)(F)F)cc(O)c1-c1ccc(CNCC2CCCO2)nn1. The van der Waals surface area contributed by atoms with Gasteiger partial charge in [0.25, 0.3) is 0 Å². The molecule has 0 bridgehead atoms. The topological polar surface area (TPSA) is 67.3 Å². The van der Waals surface area contributed by atoms with E-state index >= 15 is 0 Å². The molecular formula is C18H20F3N3O2. The Morgan fingerprint density at radius 2 is 2.08 bits per heavy atom. The van der Waals surface area contributed by atoms with Crippen molar-refractivity contribution in [2.75, 3.05) is 13.2 Å². The normalized spacial score (nSPS) is 17.6. The summed E-state index contributed by atoms with van der Waals surface area (Å²) in [5.41, 5.74) is 0.687. The summed E-state index contributed by atoms with van der Waals surface area (Å²) in [7, 11) is 0. The average Bonchev–Trinajstić information content (AvgIpc) is 3.08. The van der Waals surface area contributed by atoms with Crippen LogP contribution in [-0.2, 0) is 17.5 Å². The van der Waals surface area contributed by atoms with Gasteiger partial charge in [-0.3, -0.25) is 0 Å². The molecule has 1 atom stereocenters. The first-order valence-corrected chi connectivity index (χ1v) is 8.40. The van der Waals surface area contributed by atoms with Gasteiger partial charge in [-0.15, -0.1) is 0 Å². The summed E-state index contributed by atoms with van der Waals surface area (Å²) in [5, 5.41) is 21.4. The number of phenolic OH excluding ortho intramolecular Hbond substituents is 1. The molecular weight excluding hydrogens is 347 g/mol. The molecule has 1 unspecified atom stereocenters. The van der Waals surface area contributed by atoms with E-state index in [0.29, 0.717) is 24.0 Å². The quantitative estimate of drug-likeness (QED) is 0.847. The Morgan fingerprint density at radius 1 is 1.27 bits per heavy atom. The van der Waals surface area contributed by atoms with Gasteiger partial charge >= 0.3 is 6.18 Å². The molecule has 8 heteroatoms. The second kappa shape index (κ2) is 7.59. The van der Waals surface area contributed by atoms with Crippen molar-refractivity contribution in [3.8, 4) is 17.0 Å². The van der Waals surface area contributed by atoms with Gasteiger partial charge in [-0.2, -0.15) is 23.4 Å². The van der Waals surface area contributed by atoms with Crippen molar-refractivity contribution < 1.29 is 23.0 Å². The van der Waals surface area contributed by atoms with E-state index in [1.165, 1.54) is 6.92 Å². The van der Waals surface area contributed by atoms with Crippen LogP contribution in [0.1, 0.15) is 29.7 Å². The van der Waals surface area contributed by atoms with Gasteiger partial charge in [-0.1, -0.05) is 0 Å². The second-order valence-electron chi connectivity index (χ2n) is 6.36. The van der Waals surface area contributed by atoms with E-state index in [1.54, 1.807) is 12.1 Å². The van der Waals surface area contributed by atoms with Crippen LogP contribution in [-0.4, -0.2) is 34.6 Å². The van der Waals surface area contributed by atoms with Crippen molar-refractivity contribution in [2.45, 2.75) is 38.6 Å². The maximum absolute atomic E-state index is 12.8. The van der Waals surface area contributed by atoms with E-state index in [0.717, 1.165) is 32.1 Å². The van der Waals surface area contributed by atoms with E-state index in [9.17, 15) is 18.3 Å². The molecule has 0 amide bonds. The molecule has 1 saturated heterocycles. The van der Waals surface area contributed by atoms with Crippen LogP contribution in [0.4, 0.5) is 13.2 Å². The van der Waals surface area contributed by atoms with Crippen LogP contribution in [0.15, 0.2) is 24.3 Å². The molecule has 0 spiro atoms. The van der Waals surface area contributed by atoms with Crippen molar-refractivity contribution in [2.24, 2.45) is 0 Å². The highest BCUT2D eigenvalue weighted by molar-refractivity contribution is 5.71. The third-order valence-corrected chi connectivity index (χ3v) is 4.32. The predicted molar refractivity (Wildman–Crippen MR) is 89.6 cm³/mol. The average molecular weight is 367 g/mol. The zero-order valence-electron chi connectivity index (χ0n) is 14.3. The number of nitrogens with one attached hydrogen (secondary N) is 1. The smallest absolute Gasteiger partial charge is 0.416 e. The van der Waals surface area contributed by atoms with Crippen LogP contribution in [0, 0.1) is 6.92 Å². The molecule has 1 aromatic carbocycles. The van der Waals surface area contributed by atoms with E-state index in [1.807, 2.05) is 0 Å². The van der Waals surface area contributed by atoms with Crippen LogP contribution < -0.4 is 5.32 Å². The molecule has 140 valence electrons. The number of hydrogen-bond donors (Lipinski definition) is 2. The molecule has 0 aliphatic carbocycles. The van der Waals surface area contributed by atoms with Crippen molar-refractivity contribution in [3.05, 3.63) is 41.1 Å². The minimum Gasteiger partial charge on any atom is -0.507 e. The van der Waals surface area contributed by atoms with Gasteiger partial charge in [0.05, 0.1) is 23.1 Å². The Morgan fingerprint density at radius 3 is 2.65 bits per heavy atom. The first-order valence-electron chi connectivity index (χ1n) is 8.40. The zero-order chi connectivity index (χ0) is 18.7. The summed E-state index contributed by atoms with van der Waals surface area (Å²) in [6.45, 7) is 3.56. The van der Waals surface area contributed by atoms with Crippen LogP contribution in [0.3, 0.4) is 0 Å². The third-order valence-electron chi connectivity index (χ3n) is 4.32. The summed E-state index contributed by atoms with van der Waals surface area (Å²) in [6.07, 6.45) is -2.15. The molecule has 0 radical (unpaired) electrons. The Bertz CT molecular complexity index is 734. The highest BCUT2D eigenvalue weighted by Gasteiger charge is 2.32. The summed E-state index contributed by atoms with van der Waals surface area (Å²) in [4.78, 5) is 0. The largest absolute Gasteiger partial charge is 0.507 e. The molecule has 1 aliphatic rings. The lowest BCUT2D eigenvalue weighted by Crippen LogP contribution is -2.26.